The van der Waals surface area contributed by atoms with Crippen molar-refractivity contribution in [3.8, 4) is 6.07 Å². The predicted octanol–water partition coefficient (Wildman–Crippen LogP) is 0.842. The summed E-state index contributed by atoms with van der Waals surface area (Å²) in [5.74, 6) is 0. The molecule has 0 amide bonds. The number of thiazole rings is 1. The fourth-order valence-corrected chi connectivity index (χ4v) is 1.62. The van der Waals surface area contributed by atoms with E-state index < -0.39 is 0 Å². The van der Waals surface area contributed by atoms with Gasteiger partial charge in [0.25, 0.3) is 0 Å². The van der Waals surface area contributed by atoms with E-state index >= 15 is 0 Å². The molecule has 0 atom stereocenters. The van der Waals surface area contributed by atoms with Gasteiger partial charge in [-0.2, -0.15) is 10.4 Å². The zero-order chi connectivity index (χ0) is 9.97. The topological polar surface area (TPSA) is 80.5 Å². The van der Waals surface area contributed by atoms with E-state index in [2.05, 4.69) is 10.1 Å². The number of aromatic nitrogens is 3. The van der Waals surface area contributed by atoms with E-state index in [9.17, 15) is 0 Å². The third-order valence-corrected chi connectivity index (χ3v) is 2.38. The van der Waals surface area contributed by atoms with Crippen molar-refractivity contribution in [2.75, 3.05) is 5.73 Å². The van der Waals surface area contributed by atoms with Crippen LogP contribution in [-0.2, 0) is 6.54 Å². The second-order valence-corrected chi connectivity index (χ2v) is 3.61. The molecular formula is C8H7N5S. The molecule has 0 aliphatic heterocycles. The number of nitrogens with zero attached hydrogens (tertiary/aromatic N) is 4. The molecule has 2 aromatic rings. The van der Waals surface area contributed by atoms with Gasteiger partial charge in [0.15, 0.2) is 5.13 Å². The highest BCUT2D eigenvalue weighted by Crippen LogP contribution is 2.11. The lowest BCUT2D eigenvalue weighted by Crippen LogP contribution is -2.00. The van der Waals surface area contributed by atoms with Gasteiger partial charge in [-0.3, -0.25) is 4.68 Å². The lowest BCUT2D eigenvalue weighted by molar-refractivity contribution is 0.676. The van der Waals surface area contributed by atoms with Gasteiger partial charge in [-0.1, -0.05) is 0 Å². The highest BCUT2D eigenvalue weighted by Gasteiger charge is 2.01. The van der Waals surface area contributed by atoms with Crippen LogP contribution in [0.1, 0.15) is 11.3 Å². The number of nitrogens with two attached hydrogens (primary N) is 1. The molecule has 0 saturated carbocycles. The summed E-state index contributed by atoms with van der Waals surface area (Å²) >= 11 is 1.40. The normalized spacial score (nSPS) is 9.93. The van der Waals surface area contributed by atoms with Crippen LogP contribution in [0.15, 0.2) is 17.8 Å². The Morgan fingerprint density at radius 3 is 3.07 bits per heavy atom. The van der Waals surface area contributed by atoms with E-state index in [4.69, 9.17) is 11.0 Å². The Bertz CT molecular complexity index is 478. The second kappa shape index (κ2) is 3.47. The average molecular weight is 205 g/mol. The van der Waals surface area contributed by atoms with Crippen molar-refractivity contribution in [2.45, 2.75) is 6.54 Å². The van der Waals surface area contributed by atoms with E-state index in [1.165, 1.54) is 17.5 Å². The largest absolute Gasteiger partial charge is 0.375 e. The van der Waals surface area contributed by atoms with Crippen molar-refractivity contribution in [1.82, 2.24) is 14.8 Å². The van der Waals surface area contributed by atoms with Crippen molar-refractivity contribution < 1.29 is 0 Å². The Kier molecular flexibility index (Phi) is 2.16. The predicted molar refractivity (Wildman–Crippen MR) is 52.6 cm³/mol. The molecule has 2 N–H and O–H groups in total. The number of nitriles is 1. The van der Waals surface area contributed by atoms with Crippen molar-refractivity contribution in [1.29, 1.82) is 5.26 Å². The molecule has 0 aromatic carbocycles. The fraction of sp³-hybridized carbons (Fsp3) is 0.125. The number of rotatable bonds is 2. The summed E-state index contributed by atoms with van der Waals surface area (Å²) in [5.41, 5.74) is 6.90. The molecule has 70 valence electrons. The highest BCUT2D eigenvalue weighted by atomic mass is 32.1. The van der Waals surface area contributed by atoms with E-state index in [0.717, 1.165) is 5.69 Å². The first-order chi connectivity index (χ1) is 6.78. The third kappa shape index (κ3) is 1.72. The van der Waals surface area contributed by atoms with Crippen LogP contribution >= 0.6 is 11.3 Å². The number of anilines is 1. The SMILES string of the molecule is N#Cc1cnn(Cc2csc(N)n2)c1. The van der Waals surface area contributed by atoms with Crippen LogP contribution in [0.3, 0.4) is 0 Å². The summed E-state index contributed by atoms with van der Waals surface area (Å²) in [7, 11) is 0. The zero-order valence-corrected chi connectivity index (χ0v) is 8.03. The quantitative estimate of drug-likeness (QED) is 0.787. The average Bonchev–Trinajstić information content (AvgIpc) is 2.76. The van der Waals surface area contributed by atoms with Crippen LogP contribution in [-0.4, -0.2) is 14.8 Å². The van der Waals surface area contributed by atoms with Crippen LogP contribution in [0.2, 0.25) is 0 Å². The molecule has 14 heavy (non-hydrogen) atoms. The zero-order valence-electron chi connectivity index (χ0n) is 7.21. The van der Waals surface area contributed by atoms with Gasteiger partial charge >= 0.3 is 0 Å². The molecule has 0 aliphatic rings. The smallest absolute Gasteiger partial charge is 0.180 e. The van der Waals surface area contributed by atoms with Gasteiger partial charge in [0.1, 0.15) is 6.07 Å². The lowest BCUT2D eigenvalue weighted by atomic mass is 10.4. The van der Waals surface area contributed by atoms with Gasteiger partial charge in [-0.05, 0) is 0 Å². The van der Waals surface area contributed by atoms with Crippen LogP contribution < -0.4 is 5.73 Å². The minimum atomic E-state index is 0.549. The van der Waals surface area contributed by atoms with Gasteiger partial charge < -0.3 is 5.73 Å². The van der Waals surface area contributed by atoms with Crippen LogP contribution in [0, 0.1) is 11.3 Å². The summed E-state index contributed by atoms with van der Waals surface area (Å²) in [6.07, 6.45) is 3.20. The Labute approximate surface area is 84.4 Å². The van der Waals surface area contributed by atoms with Crippen molar-refractivity contribution in [2.24, 2.45) is 0 Å². The summed E-state index contributed by atoms with van der Waals surface area (Å²) < 4.78 is 1.66. The van der Waals surface area contributed by atoms with Gasteiger partial charge in [0, 0.05) is 11.6 Å². The van der Waals surface area contributed by atoms with Crippen LogP contribution in [0.5, 0.6) is 0 Å². The summed E-state index contributed by atoms with van der Waals surface area (Å²) in [5, 5.41) is 15.0. The van der Waals surface area contributed by atoms with Gasteiger partial charge in [0.05, 0.1) is 24.0 Å². The van der Waals surface area contributed by atoms with Crippen LogP contribution in [0.25, 0.3) is 0 Å². The molecule has 2 heterocycles. The number of nitrogen functional groups attached to an aromatic ring is 1. The second-order valence-electron chi connectivity index (χ2n) is 2.72. The standard InChI is InChI=1S/C8H7N5S/c9-1-6-2-11-13(3-6)4-7-5-14-8(10)12-7/h2-3,5H,4H2,(H2,10,12). The summed E-state index contributed by atoms with van der Waals surface area (Å²) in [6.45, 7) is 0.551. The molecule has 0 bridgehead atoms. The summed E-state index contributed by atoms with van der Waals surface area (Å²) in [4.78, 5) is 4.09. The maximum Gasteiger partial charge on any atom is 0.180 e. The summed E-state index contributed by atoms with van der Waals surface area (Å²) in [6, 6.07) is 2.01. The minimum absolute atomic E-state index is 0.549. The molecule has 6 heteroatoms. The molecule has 0 aliphatic carbocycles. The van der Waals surface area contributed by atoms with E-state index in [1.807, 2.05) is 11.4 Å². The monoisotopic (exact) mass is 205 g/mol. The van der Waals surface area contributed by atoms with Crippen molar-refractivity contribution >= 4 is 16.5 Å². The van der Waals surface area contributed by atoms with Crippen molar-refractivity contribution in [3.05, 3.63) is 29.0 Å². The molecule has 0 saturated heterocycles. The first kappa shape index (κ1) is 8.72. The Balaban J connectivity index is 2.15. The molecule has 2 aromatic heterocycles. The molecule has 0 radical (unpaired) electrons. The van der Waals surface area contributed by atoms with Crippen molar-refractivity contribution in [3.63, 3.8) is 0 Å². The first-order valence-electron chi connectivity index (χ1n) is 3.90. The maximum atomic E-state index is 8.58. The molecule has 0 spiro atoms. The number of hydrogen-bond acceptors (Lipinski definition) is 5. The third-order valence-electron chi connectivity index (χ3n) is 1.66. The van der Waals surface area contributed by atoms with Crippen LogP contribution in [0.4, 0.5) is 5.13 Å². The molecule has 2 rings (SSSR count). The molecule has 0 unspecified atom stereocenters. The Hall–Kier alpha value is -1.87. The van der Waals surface area contributed by atoms with Gasteiger partial charge in [-0.25, -0.2) is 4.98 Å². The van der Waals surface area contributed by atoms with E-state index in [0.29, 0.717) is 17.2 Å². The maximum absolute atomic E-state index is 8.58. The highest BCUT2D eigenvalue weighted by molar-refractivity contribution is 7.13. The minimum Gasteiger partial charge on any atom is -0.375 e. The molecule has 0 fully saturated rings. The lowest BCUT2D eigenvalue weighted by Gasteiger charge is -1.95. The Morgan fingerprint density at radius 2 is 2.50 bits per heavy atom. The van der Waals surface area contributed by atoms with Gasteiger partial charge in [-0.15, -0.1) is 11.3 Å². The molecule has 5 nitrogen and oxygen atoms in total. The van der Waals surface area contributed by atoms with E-state index in [-0.39, 0.29) is 0 Å². The first-order valence-corrected chi connectivity index (χ1v) is 4.78. The van der Waals surface area contributed by atoms with Gasteiger partial charge in [0.2, 0.25) is 0 Å². The van der Waals surface area contributed by atoms with E-state index in [1.54, 1.807) is 10.9 Å². The molecular weight excluding hydrogens is 198 g/mol. The fourth-order valence-electron chi connectivity index (χ4n) is 1.07. The number of hydrogen-bond donors (Lipinski definition) is 1. The Morgan fingerprint density at radius 1 is 1.64 bits per heavy atom.